The van der Waals surface area contributed by atoms with Crippen LogP contribution in [0.25, 0.3) is 10.4 Å². The first-order chi connectivity index (χ1) is 6.92. The predicted octanol–water partition coefficient (Wildman–Crippen LogP) is 4.40. The molecule has 0 aromatic heterocycles. The second-order valence-corrected chi connectivity index (χ2v) is 4.48. The van der Waals surface area contributed by atoms with Crippen LogP contribution in [-0.2, 0) is 6.42 Å². The minimum Gasteiger partial charge on any atom is -0.144 e. The van der Waals surface area contributed by atoms with Crippen molar-refractivity contribution >= 4 is 11.3 Å². The zero-order valence-corrected chi connectivity index (χ0v) is 9.15. The Morgan fingerprint density at radius 2 is 2.07 bits per heavy atom. The van der Waals surface area contributed by atoms with E-state index >= 15 is 0 Å². The van der Waals surface area contributed by atoms with Crippen LogP contribution in [0.5, 0.6) is 0 Å². The highest BCUT2D eigenvalue weighted by Gasteiger charge is 2.07. The molecule has 0 unspecified atom stereocenters. The van der Waals surface area contributed by atoms with Crippen molar-refractivity contribution in [2.24, 2.45) is 0 Å². The highest BCUT2D eigenvalue weighted by Crippen LogP contribution is 2.32. The van der Waals surface area contributed by atoms with Crippen LogP contribution in [0.2, 0.25) is 0 Å². The van der Waals surface area contributed by atoms with E-state index in [1.54, 1.807) is 0 Å². The van der Waals surface area contributed by atoms with Crippen molar-refractivity contribution in [3.8, 4) is 10.4 Å². The summed E-state index contributed by atoms with van der Waals surface area (Å²) in [6.07, 6.45) is 4.77. The van der Waals surface area contributed by atoms with Crippen LogP contribution in [0.1, 0.15) is 24.8 Å². The zero-order valence-electron chi connectivity index (χ0n) is 8.33. The molecule has 1 aliphatic carbocycles. The molecule has 73 valence electrons. The molecular formula is C13H15S. The van der Waals surface area contributed by atoms with Gasteiger partial charge >= 0.3 is 0 Å². The monoisotopic (exact) mass is 203 g/mol. The van der Waals surface area contributed by atoms with Crippen LogP contribution in [0, 0.1) is 6.92 Å². The second kappa shape index (κ2) is 4.61. The number of unbranched alkanes of at least 4 members (excludes halogenated alkanes) is 2. The lowest BCUT2D eigenvalue weighted by Crippen LogP contribution is -1.83. The van der Waals surface area contributed by atoms with Gasteiger partial charge in [0.15, 0.2) is 0 Å². The minimum atomic E-state index is 1.06. The standard InChI is InChI=1S/C13H15S/c1-2-3-4-6-11-8-9-12-7-5-10-14-13(11)12/h5,7-10H,1-4,6H2. The topological polar surface area (TPSA) is 0 Å². The van der Waals surface area contributed by atoms with Crippen LogP contribution in [0.4, 0.5) is 0 Å². The molecule has 14 heavy (non-hydrogen) atoms. The number of rotatable bonds is 4. The Kier molecular flexibility index (Phi) is 3.20. The highest BCUT2D eigenvalue weighted by molar-refractivity contribution is 7.13. The van der Waals surface area contributed by atoms with Gasteiger partial charge in [0.25, 0.3) is 0 Å². The van der Waals surface area contributed by atoms with E-state index in [4.69, 9.17) is 0 Å². The summed E-state index contributed by atoms with van der Waals surface area (Å²) >= 11 is 1.85. The van der Waals surface area contributed by atoms with Gasteiger partial charge in [0.2, 0.25) is 0 Å². The number of fused-ring (bicyclic) bond motifs is 1. The van der Waals surface area contributed by atoms with Crippen LogP contribution < -0.4 is 0 Å². The fraction of sp³-hybridized carbons (Fsp3) is 0.308. The van der Waals surface area contributed by atoms with Crippen LogP contribution in [-0.4, -0.2) is 0 Å². The molecule has 0 saturated carbocycles. The summed E-state index contributed by atoms with van der Waals surface area (Å²) in [5.41, 5.74) is 2.90. The van der Waals surface area contributed by atoms with E-state index in [-0.39, 0.29) is 0 Å². The van der Waals surface area contributed by atoms with Crippen molar-refractivity contribution in [3.05, 3.63) is 42.1 Å². The van der Waals surface area contributed by atoms with Crippen molar-refractivity contribution < 1.29 is 0 Å². The molecule has 0 bridgehead atoms. The Hall–Kier alpha value is -0.820. The first-order valence-corrected chi connectivity index (χ1v) is 6.04. The van der Waals surface area contributed by atoms with Gasteiger partial charge < -0.3 is 0 Å². The molecule has 2 rings (SSSR count). The van der Waals surface area contributed by atoms with Gasteiger partial charge in [0.05, 0.1) is 0 Å². The number of hydrogen-bond donors (Lipinski definition) is 0. The summed E-state index contributed by atoms with van der Waals surface area (Å²) in [7, 11) is 0. The maximum absolute atomic E-state index is 3.87. The molecule has 1 aliphatic heterocycles. The van der Waals surface area contributed by atoms with Gasteiger partial charge in [0, 0.05) is 4.88 Å². The summed E-state index contributed by atoms with van der Waals surface area (Å²) in [6, 6.07) is 8.80. The molecule has 0 saturated heterocycles. The van der Waals surface area contributed by atoms with Gasteiger partial charge in [-0.1, -0.05) is 44.0 Å². The molecule has 0 spiro atoms. The third kappa shape index (κ3) is 1.98. The molecule has 0 nitrogen and oxygen atoms in total. The van der Waals surface area contributed by atoms with Crippen molar-refractivity contribution in [1.82, 2.24) is 0 Å². The van der Waals surface area contributed by atoms with Crippen molar-refractivity contribution in [2.75, 3.05) is 0 Å². The SMILES string of the molecule is [CH2]CCCCc1ccc2cccsc1-2. The molecule has 2 aliphatic rings. The average Bonchev–Trinajstić information content (AvgIpc) is 2.63. The molecule has 1 radical (unpaired) electrons. The minimum absolute atomic E-state index is 1.06. The quantitative estimate of drug-likeness (QED) is 0.646. The molecular weight excluding hydrogens is 188 g/mol. The van der Waals surface area contributed by atoms with Gasteiger partial charge in [-0.05, 0) is 29.3 Å². The highest BCUT2D eigenvalue weighted by atomic mass is 32.1. The Bertz CT molecular complexity index is 362. The van der Waals surface area contributed by atoms with Crippen molar-refractivity contribution in [3.63, 3.8) is 0 Å². The maximum atomic E-state index is 3.87. The van der Waals surface area contributed by atoms with E-state index in [2.05, 4.69) is 36.6 Å². The lowest BCUT2D eigenvalue weighted by Gasteiger charge is -2.01. The van der Waals surface area contributed by atoms with E-state index in [0.29, 0.717) is 0 Å². The van der Waals surface area contributed by atoms with Crippen molar-refractivity contribution in [1.29, 1.82) is 0 Å². The molecule has 0 aromatic rings. The average molecular weight is 203 g/mol. The fourth-order valence-electron chi connectivity index (χ4n) is 1.74. The second-order valence-electron chi connectivity index (χ2n) is 3.57. The normalized spacial score (nSPS) is 10.9. The van der Waals surface area contributed by atoms with E-state index in [1.807, 2.05) is 11.3 Å². The molecule has 1 heterocycles. The van der Waals surface area contributed by atoms with Gasteiger partial charge in [-0.25, -0.2) is 0 Å². The first kappa shape index (κ1) is 9.72. The smallest absolute Gasteiger partial charge is 0.0374 e. The fourth-order valence-corrected chi connectivity index (χ4v) is 2.63. The van der Waals surface area contributed by atoms with Gasteiger partial charge in [-0.3, -0.25) is 0 Å². The van der Waals surface area contributed by atoms with E-state index in [9.17, 15) is 0 Å². The van der Waals surface area contributed by atoms with E-state index < -0.39 is 0 Å². The Morgan fingerprint density at radius 3 is 2.93 bits per heavy atom. The molecule has 0 amide bonds. The summed E-state index contributed by atoms with van der Waals surface area (Å²) in [5.74, 6) is 0. The molecule has 0 atom stereocenters. The Morgan fingerprint density at radius 1 is 1.14 bits per heavy atom. The van der Waals surface area contributed by atoms with Crippen LogP contribution in [0.3, 0.4) is 0 Å². The largest absolute Gasteiger partial charge is 0.144 e. The van der Waals surface area contributed by atoms with E-state index in [1.165, 1.54) is 35.3 Å². The lowest BCUT2D eigenvalue weighted by atomic mass is 10.1. The maximum Gasteiger partial charge on any atom is 0.0374 e. The first-order valence-electron chi connectivity index (χ1n) is 5.16. The van der Waals surface area contributed by atoms with Gasteiger partial charge in [-0.15, -0.1) is 11.3 Å². The summed E-state index contributed by atoms with van der Waals surface area (Å²) < 4.78 is 0. The van der Waals surface area contributed by atoms with Crippen molar-refractivity contribution in [2.45, 2.75) is 25.7 Å². The number of hydrogen-bond acceptors (Lipinski definition) is 1. The van der Waals surface area contributed by atoms with Gasteiger partial charge in [-0.2, -0.15) is 0 Å². The Balaban J connectivity index is 2.11. The predicted molar refractivity (Wildman–Crippen MR) is 63.9 cm³/mol. The molecule has 0 aromatic carbocycles. The summed E-state index contributed by atoms with van der Waals surface area (Å²) in [5, 5.41) is 2.16. The van der Waals surface area contributed by atoms with Crippen LogP contribution in [0.15, 0.2) is 29.6 Å². The third-order valence-corrected chi connectivity index (χ3v) is 3.53. The lowest BCUT2D eigenvalue weighted by molar-refractivity contribution is 0.748. The van der Waals surface area contributed by atoms with E-state index in [0.717, 1.165) is 6.42 Å². The third-order valence-electron chi connectivity index (χ3n) is 2.50. The summed E-state index contributed by atoms with van der Waals surface area (Å²) in [6.45, 7) is 3.87. The number of aryl methyl sites for hydroxylation is 1. The molecule has 0 N–H and O–H groups in total. The van der Waals surface area contributed by atoms with Gasteiger partial charge in [0.1, 0.15) is 0 Å². The zero-order chi connectivity index (χ0) is 9.80. The Labute approximate surface area is 89.9 Å². The summed E-state index contributed by atoms with van der Waals surface area (Å²) in [4.78, 5) is 1.47. The molecule has 1 heteroatoms. The van der Waals surface area contributed by atoms with Crippen LogP contribution >= 0.6 is 11.3 Å². The molecule has 0 fully saturated rings.